The van der Waals surface area contributed by atoms with Crippen molar-refractivity contribution in [3.05, 3.63) is 83.9 Å². The topological polar surface area (TPSA) is 105 Å². The maximum Gasteiger partial charge on any atom is 0.264 e. The average Bonchev–Trinajstić information content (AvgIpc) is 2.99. The lowest BCUT2D eigenvalue weighted by atomic mass is 10.1. The van der Waals surface area contributed by atoms with Gasteiger partial charge in [0.05, 0.1) is 24.8 Å². The van der Waals surface area contributed by atoms with E-state index >= 15 is 0 Å². The van der Waals surface area contributed by atoms with Crippen LogP contribution in [0, 0.1) is 12.8 Å². The van der Waals surface area contributed by atoms with Gasteiger partial charge in [-0.1, -0.05) is 63.2 Å². The van der Waals surface area contributed by atoms with Gasteiger partial charge in [-0.3, -0.25) is 13.9 Å². The largest absolute Gasteiger partial charge is 0.493 e. The SMILES string of the molecule is CC[C@@H](C(=O)NCC(C)C)N(Cc1ccccc1C)C(=O)CN(c1ccccc1)S(=O)(=O)c1ccc(OC)c(OC)c1. The number of carbonyl (C=O) groups is 2. The molecule has 0 bridgehead atoms. The summed E-state index contributed by atoms with van der Waals surface area (Å²) in [4.78, 5) is 28.9. The molecule has 9 nitrogen and oxygen atoms in total. The van der Waals surface area contributed by atoms with E-state index in [4.69, 9.17) is 9.47 Å². The number of carbonyl (C=O) groups excluding carboxylic acids is 2. The minimum absolute atomic E-state index is 0.0658. The zero-order chi connectivity index (χ0) is 30.9. The van der Waals surface area contributed by atoms with E-state index in [9.17, 15) is 18.0 Å². The number of nitrogens with one attached hydrogen (secondary N) is 1. The van der Waals surface area contributed by atoms with Gasteiger partial charge in [-0.2, -0.15) is 0 Å². The summed E-state index contributed by atoms with van der Waals surface area (Å²) in [7, 11) is -1.36. The molecule has 0 radical (unpaired) electrons. The van der Waals surface area contributed by atoms with E-state index in [1.807, 2.05) is 52.0 Å². The smallest absolute Gasteiger partial charge is 0.264 e. The Labute approximate surface area is 249 Å². The van der Waals surface area contributed by atoms with Crippen molar-refractivity contribution in [1.82, 2.24) is 10.2 Å². The predicted octanol–water partition coefficient (Wildman–Crippen LogP) is 4.79. The number of benzene rings is 3. The molecule has 226 valence electrons. The molecule has 0 heterocycles. The summed E-state index contributed by atoms with van der Waals surface area (Å²) in [5.41, 5.74) is 2.15. The molecule has 0 aliphatic carbocycles. The van der Waals surface area contributed by atoms with Gasteiger partial charge in [0.25, 0.3) is 10.0 Å². The summed E-state index contributed by atoms with van der Waals surface area (Å²) in [6.45, 7) is 7.87. The zero-order valence-electron chi connectivity index (χ0n) is 25.2. The molecule has 3 aromatic carbocycles. The van der Waals surface area contributed by atoms with Crippen LogP contribution < -0.4 is 19.1 Å². The van der Waals surface area contributed by atoms with Crippen LogP contribution >= 0.6 is 0 Å². The Morgan fingerprint density at radius 2 is 1.55 bits per heavy atom. The zero-order valence-corrected chi connectivity index (χ0v) is 26.0. The van der Waals surface area contributed by atoms with Crippen molar-refractivity contribution < 1.29 is 27.5 Å². The fourth-order valence-corrected chi connectivity index (χ4v) is 5.97. The molecule has 42 heavy (non-hydrogen) atoms. The highest BCUT2D eigenvalue weighted by atomic mass is 32.2. The third-order valence-corrected chi connectivity index (χ3v) is 8.71. The number of amides is 2. The molecule has 0 fully saturated rings. The van der Waals surface area contributed by atoms with Crippen LogP contribution in [0.4, 0.5) is 5.69 Å². The summed E-state index contributed by atoms with van der Waals surface area (Å²) in [6, 6.07) is 19.6. The van der Waals surface area contributed by atoms with Crippen molar-refractivity contribution in [2.24, 2.45) is 5.92 Å². The number of hydrogen-bond acceptors (Lipinski definition) is 6. The second-order valence-electron chi connectivity index (χ2n) is 10.4. The quantitative estimate of drug-likeness (QED) is 0.288. The standard InChI is InChI=1S/C32H41N3O6S/c1-7-28(32(37)33-20-23(2)3)34(21-25-14-12-11-13-24(25)4)31(36)22-35(26-15-9-8-10-16-26)42(38,39)27-17-18-29(40-5)30(19-27)41-6/h8-19,23,28H,7,20-22H2,1-6H3,(H,33,37)/t28-/m0/s1. The van der Waals surface area contributed by atoms with Gasteiger partial charge in [-0.15, -0.1) is 0 Å². The molecule has 0 aliphatic heterocycles. The lowest BCUT2D eigenvalue weighted by Gasteiger charge is -2.33. The van der Waals surface area contributed by atoms with E-state index in [0.717, 1.165) is 15.4 Å². The lowest BCUT2D eigenvalue weighted by Crippen LogP contribution is -2.52. The van der Waals surface area contributed by atoms with Crippen LogP contribution in [0.25, 0.3) is 0 Å². The third-order valence-electron chi connectivity index (χ3n) is 6.94. The Bertz CT molecular complexity index is 1460. The number of para-hydroxylation sites is 1. The first-order valence-electron chi connectivity index (χ1n) is 13.9. The van der Waals surface area contributed by atoms with Crippen LogP contribution in [0.2, 0.25) is 0 Å². The van der Waals surface area contributed by atoms with Crippen LogP contribution in [0.5, 0.6) is 11.5 Å². The summed E-state index contributed by atoms with van der Waals surface area (Å²) >= 11 is 0. The highest BCUT2D eigenvalue weighted by molar-refractivity contribution is 7.92. The average molecular weight is 596 g/mol. The van der Waals surface area contributed by atoms with Crippen LogP contribution in [0.15, 0.2) is 77.7 Å². The van der Waals surface area contributed by atoms with Crippen LogP contribution in [-0.2, 0) is 26.2 Å². The van der Waals surface area contributed by atoms with Crippen LogP contribution in [-0.4, -0.2) is 58.5 Å². The second kappa shape index (κ2) is 14.7. The Kier molecular flexibility index (Phi) is 11.4. The van der Waals surface area contributed by atoms with Crippen LogP contribution in [0.1, 0.15) is 38.3 Å². The van der Waals surface area contributed by atoms with Crippen molar-refractivity contribution >= 4 is 27.5 Å². The van der Waals surface area contributed by atoms with Gasteiger partial charge in [0.15, 0.2) is 11.5 Å². The third kappa shape index (κ3) is 7.82. The number of sulfonamides is 1. The monoisotopic (exact) mass is 595 g/mol. The fraction of sp³-hybridized carbons (Fsp3) is 0.375. The van der Waals surface area contributed by atoms with E-state index in [1.165, 1.54) is 37.3 Å². The van der Waals surface area contributed by atoms with E-state index < -0.39 is 28.5 Å². The molecule has 3 rings (SSSR count). The molecule has 0 unspecified atom stereocenters. The van der Waals surface area contributed by atoms with Gasteiger partial charge < -0.3 is 19.7 Å². The first kappa shape index (κ1) is 32.5. The molecule has 1 N–H and O–H groups in total. The number of ether oxygens (including phenoxy) is 2. The van der Waals surface area contributed by atoms with Crippen molar-refractivity contribution in [3.8, 4) is 11.5 Å². The van der Waals surface area contributed by atoms with Gasteiger partial charge in [0.1, 0.15) is 12.6 Å². The van der Waals surface area contributed by atoms with Crippen LogP contribution in [0.3, 0.4) is 0 Å². The number of rotatable bonds is 14. The summed E-state index contributed by atoms with van der Waals surface area (Å²) < 4.78 is 39.9. The molecule has 10 heteroatoms. The van der Waals surface area contributed by atoms with Gasteiger partial charge in [-0.25, -0.2) is 8.42 Å². The molecular weight excluding hydrogens is 554 g/mol. The lowest BCUT2D eigenvalue weighted by molar-refractivity contribution is -0.140. The van der Waals surface area contributed by atoms with Crippen molar-refractivity contribution in [2.45, 2.75) is 51.6 Å². The molecule has 0 aromatic heterocycles. The Morgan fingerprint density at radius 1 is 0.905 bits per heavy atom. The molecule has 0 saturated heterocycles. The Hall–Kier alpha value is -4.05. The maximum atomic E-state index is 14.2. The number of anilines is 1. The molecule has 0 aliphatic rings. The van der Waals surface area contributed by atoms with Crippen molar-refractivity contribution in [3.63, 3.8) is 0 Å². The van der Waals surface area contributed by atoms with Gasteiger partial charge in [0, 0.05) is 19.2 Å². The predicted molar refractivity (Wildman–Crippen MR) is 164 cm³/mol. The molecule has 1 atom stereocenters. The van der Waals surface area contributed by atoms with E-state index in [2.05, 4.69) is 5.32 Å². The molecule has 2 amide bonds. The normalized spacial score (nSPS) is 12.0. The second-order valence-corrected chi connectivity index (χ2v) is 12.2. The number of hydrogen-bond donors (Lipinski definition) is 1. The molecular formula is C32H41N3O6S. The van der Waals surface area contributed by atoms with Gasteiger partial charge in [-0.05, 0) is 54.7 Å². The van der Waals surface area contributed by atoms with Gasteiger partial charge in [0.2, 0.25) is 11.8 Å². The van der Waals surface area contributed by atoms with E-state index in [0.29, 0.717) is 24.4 Å². The highest BCUT2D eigenvalue weighted by Gasteiger charge is 2.34. The Morgan fingerprint density at radius 3 is 2.14 bits per heavy atom. The van der Waals surface area contributed by atoms with E-state index in [-0.39, 0.29) is 29.0 Å². The molecule has 0 spiro atoms. The number of nitrogens with zero attached hydrogens (tertiary/aromatic N) is 2. The number of aryl methyl sites for hydroxylation is 1. The van der Waals surface area contributed by atoms with Gasteiger partial charge >= 0.3 is 0 Å². The highest BCUT2D eigenvalue weighted by Crippen LogP contribution is 2.32. The molecule has 3 aromatic rings. The fourth-order valence-electron chi connectivity index (χ4n) is 4.54. The first-order valence-corrected chi connectivity index (χ1v) is 15.4. The van der Waals surface area contributed by atoms with E-state index in [1.54, 1.807) is 30.3 Å². The summed E-state index contributed by atoms with van der Waals surface area (Å²) in [5, 5.41) is 2.94. The minimum atomic E-state index is -4.25. The summed E-state index contributed by atoms with van der Waals surface area (Å²) in [6.07, 6.45) is 0.356. The minimum Gasteiger partial charge on any atom is -0.493 e. The summed E-state index contributed by atoms with van der Waals surface area (Å²) in [5.74, 6) is 0.0698. The Balaban J connectivity index is 2.07. The maximum absolute atomic E-state index is 14.2. The first-order chi connectivity index (χ1) is 20.0. The van der Waals surface area contributed by atoms with Crippen molar-refractivity contribution in [2.75, 3.05) is 31.6 Å². The number of methoxy groups -OCH3 is 2. The van der Waals surface area contributed by atoms with Crippen molar-refractivity contribution in [1.29, 1.82) is 0 Å². The molecule has 0 saturated carbocycles.